The summed E-state index contributed by atoms with van der Waals surface area (Å²) in [6.45, 7) is 0.959. The van der Waals surface area contributed by atoms with Crippen LogP contribution in [0.15, 0.2) is 59.4 Å². The van der Waals surface area contributed by atoms with Crippen molar-refractivity contribution >= 4 is 16.9 Å². The summed E-state index contributed by atoms with van der Waals surface area (Å²) < 4.78 is 0. The molecule has 4 heteroatoms. The molecule has 4 rings (SSSR count). The number of aromatic amines is 1. The highest BCUT2D eigenvalue weighted by Gasteiger charge is 2.24. The molecule has 0 amide bonds. The van der Waals surface area contributed by atoms with Gasteiger partial charge in [-0.25, -0.2) is 4.98 Å². The summed E-state index contributed by atoms with van der Waals surface area (Å²) in [7, 11) is 0. The van der Waals surface area contributed by atoms with Crippen molar-refractivity contribution in [3.63, 3.8) is 0 Å². The van der Waals surface area contributed by atoms with E-state index in [9.17, 15) is 4.79 Å². The zero-order valence-electron chi connectivity index (χ0n) is 14.3. The number of para-hydroxylation sites is 1. The SMILES string of the molecule is O=c1[nH]c(N2CCCCC2CCc2ccccc2)nc2ccccc12. The molecular weight excluding hydrogens is 310 g/mol. The summed E-state index contributed by atoms with van der Waals surface area (Å²) in [5.74, 6) is 0.724. The summed E-state index contributed by atoms with van der Waals surface area (Å²) >= 11 is 0. The Bertz CT molecular complexity index is 904. The summed E-state index contributed by atoms with van der Waals surface area (Å²) in [4.78, 5) is 22.5. The van der Waals surface area contributed by atoms with Crippen molar-refractivity contribution in [2.75, 3.05) is 11.4 Å². The smallest absolute Gasteiger partial charge is 0.260 e. The Morgan fingerprint density at radius 1 is 1.04 bits per heavy atom. The van der Waals surface area contributed by atoms with E-state index < -0.39 is 0 Å². The second kappa shape index (κ2) is 7.09. The van der Waals surface area contributed by atoms with Crippen molar-refractivity contribution < 1.29 is 0 Å². The summed E-state index contributed by atoms with van der Waals surface area (Å²) in [6, 6.07) is 18.6. The summed E-state index contributed by atoms with van der Waals surface area (Å²) in [5.41, 5.74) is 2.09. The zero-order chi connectivity index (χ0) is 17.1. The van der Waals surface area contributed by atoms with Crippen LogP contribution in [0.25, 0.3) is 10.9 Å². The Morgan fingerprint density at radius 3 is 2.72 bits per heavy atom. The Labute approximate surface area is 147 Å². The van der Waals surface area contributed by atoms with Crippen LogP contribution in [-0.4, -0.2) is 22.6 Å². The van der Waals surface area contributed by atoms with Crippen molar-refractivity contribution in [1.82, 2.24) is 9.97 Å². The van der Waals surface area contributed by atoms with Crippen molar-refractivity contribution in [2.45, 2.75) is 38.1 Å². The van der Waals surface area contributed by atoms with Gasteiger partial charge in [-0.3, -0.25) is 9.78 Å². The van der Waals surface area contributed by atoms with E-state index in [2.05, 4.69) is 40.2 Å². The van der Waals surface area contributed by atoms with Gasteiger partial charge in [-0.05, 0) is 49.8 Å². The monoisotopic (exact) mass is 333 g/mol. The largest absolute Gasteiger partial charge is 0.339 e. The Balaban J connectivity index is 1.59. The third kappa shape index (κ3) is 3.43. The number of rotatable bonds is 4. The molecule has 128 valence electrons. The van der Waals surface area contributed by atoms with E-state index in [1.165, 1.54) is 12.0 Å². The molecular formula is C21H23N3O. The fraction of sp³-hybridized carbons (Fsp3) is 0.333. The Morgan fingerprint density at radius 2 is 1.84 bits per heavy atom. The molecule has 4 nitrogen and oxygen atoms in total. The molecule has 1 aliphatic rings. The summed E-state index contributed by atoms with van der Waals surface area (Å²) in [5, 5.41) is 0.657. The molecule has 0 radical (unpaired) electrons. The van der Waals surface area contributed by atoms with E-state index in [4.69, 9.17) is 4.98 Å². The molecule has 1 aromatic heterocycles. The normalized spacial score (nSPS) is 17.8. The van der Waals surface area contributed by atoms with Gasteiger partial charge in [-0.15, -0.1) is 0 Å². The highest BCUT2D eigenvalue weighted by Crippen LogP contribution is 2.25. The minimum Gasteiger partial charge on any atom is -0.339 e. The number of nitrogens with zero attached hydrogens (tertiary/aromatic N) is 2. The first-order valence-electron chi connectivity index (χ1n) is 9.11. The van der Waals surface area contributed by atoms with Gasteiger partial charge >= 0.3 is 0 Å². The van der Waals surface area contributed by atoms with Crippen LogP contribution < -0.4 is 10.5 Å². The van der Waals surface area contributed by atoms with E-state index in [1.54, 1.807) is 0 Å². The lowest BCUT2D eigenvalue weighted by atomic mass is 9.96. The van der Waals surface area contributed by atoms with Crippen molar-refractivity contribution in [2.24, 2.45) is 0 Å². The highest BCUT2D eigenvalue weighted by molar-refractivity contribution is 5.78. The molecule has 1 saturated heterocycles. The second-order valence-electron chi connectivity index (χ2n) is 6.77. The van der Waals surface area contributed by atoms with Gasteiger partial charge in [0, 0.05) is 12.6 Å². The molecule has 3 aromatic rings. The fourth-order valence-corrected chi connectivity index (χ4v) is 3.77. The number of piperidine rings is 1. The van der Waals surface area contributed by atoms with Crippen LogP contribution in [0.2, 0.25) is 0 Å². The van der Waals surface area contributed by atoms with Crippen LogP contribution in [0.3, 0.4) is 0 Å². The highest BCUT2D eigenvalue weighted by atomic mass is 16.1. The third-order valence-corrected chi connectivity index (χ3v) is 5.11. The quantitative estimate of drug-likeness (QED) is 0.787. The minimum atomic E-state index is -0.0482. The maximum Gasteiger partial charge on any atom is 0.260 e. The van der Waals surface area contributed by atoms with E-state index in [1.807, 2.05) is 24.3 Å². The number of aromatic nitrogens is 2. The molecule has 2 heterocycles. The first-order valence-corrected chi connectivity index (χ1v) is 9.11. The molecule has 1 unspecified atom stereocenters. The topological polar surface area (TPSA) is 49.0 Å². The predicted molar refractivity (Wildman–Crippen MR) is 102 cm³/mol. The van der Waals surface area contributed by atoms with Gasteiger partial charge in [-0.1, -0.05) is 42.5 Å². The Kier molecular flexibility index (Phi) is 4.51. The molecule has 0 aliphatic carbocycles. The number of hydrogen-bond acceptors (Lipinski definition) is 3. The van der Waals surface area contributed by atoms with E-state index in [-0.39, 0.29) is 5.56 Å². The van der Waals surface area contributed by atoms with E-state index in [0.29, 0.717) is 11.4 Å². The van der Waals surface area contributed by atoms with Crippen LogP contribution in [0.4, 0.5) is 5.95 Å². The average molecular weight is 333 g/mol. The average Bonchev–Trinajstić information content (AvgIpc) is 2.67. The number of anilines is 1. The molecule has 1 N–H and O–H groups in total. The molecule has 1 fully saturated rings. The molecule has 1 atom stereocenters. The van der Waals surface area contributed by atoms with Gasteiger partial charge < -0.3 is 4.90 Å². The van der Waals surface area contributed by atoms with Gasteiger partial charge in [0.1, 0.15) is 0 Å². The number of nitrogens with one attached hydrogen (secondary N) is 1. The van der Waals surface area contributed by atoms with Crippen LogP contribution in [0, 0.1) is 0 Å². The molecule has 0 spiro atoms. The maximum atomic E-state index is 12.4. The van der Waals surface area contributed by atoms with Crippen molar-refractivity contribution in [3.8, 4) is 0 Å². The van der Waals surface area contributed by atoms with Gasteiger partial charge in [0.15, 0.2) is 0 Å². The number of fused-ring (bicyclic) bond motifs is 1. The lowest BCUT2D eigenvalue weighted by Crippen LogP contribution is -2.41. The van der Waals surface area contributed by atoms with E-state index >= 15 is 0 Å². The maximum absolute atomic E-state index is 12.4. The zero-order valence-corrected chi connectivity index (χ0v) is 14.3. The Hall–Kier alpha value is -2.62. The first kappa shape index (κ1) is 15.9. The fourth-order valence-electron chi connectivity index (χ4n) is 3.77. The minimum absolute atomic E-state index is 0.0482. The van der Waals surface area contributed by atoms with Gasteiger partial charge in [0.05, 0.1) is 10.9 Å². The first-order chi connectivity index (χ1) is 12.3. The van der Waals surface area contributed by atoms with Crippen LogP contribution in [0.1, 0.15) is 31.2 Å². The van der Waals surface area contributed by atoms with E-state index in [0.717, 1.165) is 43.7 Å². The molecule has 0 saturated carbocycles. The lowest BCUT2D eigenvalue weighted by Gasteiger charge is -2.36. The second-order valence-corrected chi connectivity index (χ2v) is 6.77. The third-order valence-electron chi connectivity index (χ3n) is 5.11. The van der Waals surface area contributed by atoms with Gasteiger partial charge in [-0.2, -0.15) is 0 Å². The van der Waals surface area contributed by atoms with Gasteiger partial charge in [0.2, 0.25) is 5.95 Å². The van der Waals surface area contributed by atoms with Crippen LogP contribution in [-0.2, 0) is 6.42 Å². The number of aryl methyl sites for hydroxylation is 1. The molecule has 1 aliphatic heterocycles. The molecule has 25 heavy (non-hydrogen) atoms. The molecule has 0 bridgehead atoms. The predicted octanol–water partition coefficient (Wildman–Crippen LogP) is 3.91. The molecule has 2 aromatic carbocycles. The standard InChI is InChI=1S/C21H23N3O/c25-20-18-11-4-5-12-19(18)22-21(23-20)24-15-7-6-10-17(24)14-13-16-8-2-1-3-9-16/h1-5,8-9,11-12,17H,6-7,10,13-15H2,(H,22,23,25). The van der Waals surface area contributed by atoms with Crippen LogP contribution >= 0.6 is 0 Å². The lowest BCUT2D eigenvalue weighted by molar-refractivity contribution is 0.432. The van der Waals surface area contributed by atoms with Crippen molar-refractivity contribution in [1.29, 1.82) is 0 Å². The summed E-state index contributed by atoms with van der Waals surface area (Å²) in [6.07, 6.45) is 5.69. The number of H-pyrrole nitrogens is 1. The van der Waals surface area contributed by atoms with Gasteiger partial charge in [0.25, 0.3) is 5.56 Å². The number of hydrogen-bond donors (Lipinski definition) is 1. The number of benzene rings is 2. The van der Waals surface area contributed by atoms with Crippen molar-refractivity contribution in [3.05, 3.63) is 70.5 Å². The van der Waals surface area contributed by atoms with Crippen LogP contribution in [0.5, 0.6) is 0 Å².